The van der Waals surface area contributed by atoms with Crippen LogP contribution < -0.4 is 5.32 Å². The van der Waals surface area contributed by atoms with Gasteiger partial charge < -0.3 is 15.2 Å². The van der Waals surface area contributed by atoms with E-state index in [4.69, 9.17) is 4.74 Å². The molecular weight excluding hydrogens is 214 g/mol. The molecule has 3 heteroatoms. The average Bonchev–Trinajstić information content (AvgIpc) is 2.39. The van der Waals surface area contributed by atoms with Crippen LogP contribution in [-0.2, 0) is 4.74 Å². The SMILES string of the molecule is CC1(NCC2(CO)CCCCC2)CCOCC1. The molecule has 0 radical (unpaired) electrons. The van der Waals surface area contributed by atoms with Gasteiger partial charge in [-0.05, 0) is 32.6 Å². The summed E-state index contributed by atoms with van der Waals surface area (Å²) >= 11 is 0. The highest BCUT2D eigenvalue weighted by molar-refractivity contribution is 4.91. The number of ether oxygens (including phenoxy) is 1. The van der Waals surface area contributed by atoms with E-state index < -0.39 is 0 Å². The Morgan fingerprint density at radius 1 is 1.06 bits per heavy atom. The molecule has 0 spiro atoms. The first-order valence-electron chi connectivity index (χ1n) is 7.12. The fourth-order valence-electron chi connectivity index (χ4n) is 3.09. The van der Waals surface area contributed by atoms with Crippen LogP contribution in [0, 0.1) is 5.41 Å². The minimum atomic E-state index is 0.152. The van der Waals surface area contributed by atoms with E-state index in [2.05, 4.69) is 12.2 Å². The Labute approximate surface area is 105 Å². The first kappa shape index (κ1) is 13.3. The van der Waals surface area contributed by atoms with Gasteiger partial charge in [0.15, 0.2) is 0 Å². The van der Waals surface area contributed by atoms with Crippen LogP contribution in [0.1, 0.15) is 51.9 Å². The third-order valence-corrected chi connectivity index (χ3v) is 4.74. The highest BCUT2D eigenvalue weighted by Crippen LogP contribution is 2.36. The molecule has 0 aromatic carbocycles. The van der Waals surface area contributed by atoms with Gasteiger partial charge in [-0.2, -0.15) is 0 Å². The van der Waals surface area contributed by atoms with Crippen molar-refractivity contribution in [3.8, 4) is 0 Å². The molecule has 1 aliphatic heterocycles. The number of aliphatic hydroxyl groups is 1. The highest BCUT2D eigenvalue weighted by Gasteiger charge is 2.35. The molecule has 100 valence electrons. The van der Waals surface area contributed by atoms with Crippen molar-refractivity contribution >= 4 is 0 Å². The molecule has 0 bridgehead atoms. The Morgan fingerprint density at radius 2 is 1.71 bits per heavy atom. The van der Waals surface area contributed by atoms with Crippen LogP contribution in [0.15, 0.2) is 0 Å². The molecule has 1 saturated heterocycles. The summed E-state index contributed by atoms with van der Waals surface area (Å²) in [4.78, 5) is 0. The number of nitrogens with one attached hydrogen (secondary N) is 1. The molecule has 0 unspecified atom stereocenters. The van der Waals surface area contributed by atoms with Crippen molar-refractivity contribution in [1.29, 1.82) is 0 Å². The lowest BCUT2D eigenvalue weighted by atomic mass is 9.74. The molecular formula is C14H27NO2. The maximum atomic E-state index is 9.69. The van der Waals surface area contributed by atoms with Crippen LogP contribution in [0.5, 0.6) is 0 Å². The molecule has 2 rings (SSSR count). The van der Waals surface area contributed by atoms with Gasteiger partial charge in [-0.15, -0.1) is 0 Å². The van der Waals surface area contributed by atoms with Crippen LogP contribution in [-0.4, -0.2) is 37.0 Å². The molecule has 1 heterocycles. The number of aliphatic hydroxyl groups excluding tert-OH is 1. The molecule has 0 aromatic heterocycles. The predicted molar refractivity (Wildman–Crippen MR) is 69.1 cm³/mol. The van der Waals surface area contributed by atoms with Gasteiger partial charge in [0, 0.05) is 37.3 Å². The van der Waals surface area contributed by atoms with E-state index in [0.717, 1.165) is 32.6 Å². The van der Waals surface area contributed by atoms with Crippen LogP contribution in [0.3, 0.4) is 0 Å². The van der Waals surface area contributed by atoms with Gasteiger partial charge >= 0.3 is 0 Å². The van der Waals surface area contributed by atoms with Gasteiger partial charge in [-0.3, -0.25) is 0 Å². The third kappa shape index (κ3) is 3.43. The summed E-state index contributed by atoms with van der Waals surface area (Å²) in [6.45, 7) is 5.35. The van der Waals surface area contributed by atoms with Crippen molar-refractivity contribution < 1.29 is 9.84 Å². The molecule has 1 aliphatic carbocycles. The van der Waals surface area contributed by atoms with Gasteiger partial charge in [0.1, 0.15) is 0 Å². The van der Waals surface area contributed by atoms with Gasteiger partial charge in [0.2, 0.25) is 0 Å². The minimum Gasteiger partial charge on any atom is -0.396 e. The largest absolute Gasteiger partial charge is 0.396 e. The lowest BCUT2D eigenvalue weighted by Gasteiger charge is -2.41. The number of rotatable bonds is 4. The van der Waals surface area contributed by atoms with E-state index >= 15 is 0 Å². The first-order valence-corrected chi connectivity index (χ1v) is 7.12. The average molecular weight is 241 g/mol. The Hall–Kier alpha value is -0.120. The number of hydrogen-bond donors (Lipinski definition) is 2. The fourth-order valence-corrected chi connectivity index (χ4v) is 3.09. The molecule has 1 saturated carbocycles. The molecule has 17 heavy (non-hydrogen) atoms. The van der Waals surface area contributed by atoms with E-state index in [9.17, 15) is 5.11 Å². The summed E-state index contributed by atoms with van der Waals surface area (Å²) in [5.74, 6) is 0. The summed E-state index contributed by atoms with van der Waals surface area (Å²) < 4.78 is 5.42. The Kier molecular flexibility index (Phi) is 4.45. The molecule has 0 aromatic rings. The number of hydrogen-bond acceptors (Lipinski definition) is 3. The summed E-state index contributed by atoms with van der Waals surface area (Å²) in [6.07, 6.45) is 8.45. The molecule has 2 aliphatic rings. The van der Waals surface area contributed by atoms with Gasteiger partial charge in [-0.1, -0.05) is 19.3 Å². The fraction of sp³-hybridized carbons (Fsp3) is 1.00. The van der Waals surface area contributed by atoms with Gasteiger partial charge in [0.05, 0.1) is 0 Å². The zero-order valence-electron chi connectivity index (χ0n) is 11.1. The zero-order valence-corrected chi connectivity index (χ0v) is 11.1. The summed E-state index contributed by atoms with van der Waals surface area (Å²) in [5.41, 5.74) is 0.372. The third-order valence-electron chi connectivity index (χ3n) is 4.74. The summed E-state index contributed by atoms with van der Waals surface area (Å²) in [7, 11) is 0. The van der Waals surface area contributed by atoms with Gasteiger partial charge in [-0.25, -0.2) is 0 Å². The van der Waals surface area contributed by atoms with Crippen molar-refractivity contribution in [3.63, 3.8) is 0 Å². The van der Waals surface area contributed by atoms with E-state index in [0.29, 0.717) is 6.61 Å². The second kappa shape index (κ2) is 5.68. The lowest BCUT2D eigenvalue weighted by Crippen LogP contribution is -2.52. The quantitative estimate of drug-likeness (QED) is 0.792. The maximum Gasteiger partial charge on any atom is 0.0499 e. The molecule has 0 atom stereocenters. The van der Waals surface area contributed by atoms with Crippen molar-refractivity contribution in [2.24, 2.45) is 5.41 Å². The van der Waals surface area contributed by atoms with Crippen molar-refractivity contribution in [3.05, 3.63) is 0 Å². The van der Waals surface area contributed by atoms with Crippen LogP contribution in [0.2, 0.25) is 0 Å². The monoisotopic (exact) mass is 241 g/mol. The van der Waals surface area contributed by atoms with Crippen LogP contribution in [0.4, 0.5) is 0 Å². The zero-order chi connectivity index (χ0) is 12.2. The van der Waals surface area contributed by atoms with E-state index in [1.54, 1.807) is 0 Å². The Balaban J connectivity index is 1.86. The smallest absolute Gasteiger partial charge is 0.0499 e. The standard InChI is InChI=1S/C14H27NO2/c1-13(7-9-17-10-8-13)15-11-14(12-16)5-3-2-4-6-14/h15-16H,2-12H2,1H3. The normalized spacial score (nSPS) is 27.9. The van der Waals surface area contributed by atoms with E-state index in [-0.39, 0.29) is 11.0 Å². The predicted octanol–water partition coefficient (Wildman–Crippen LogP) is 2.09. The van der Waals surface area contributed by atoms with Crippen LogP contribution in [0.25, 0.3) is 0 Å². The van der Waals surface area contributed by atoms with Gasteiger partial charge in [0.25, 0.3) is 0 Å². The second-order valence-corrected chi connectivity index (χ2v) is 6.25. The Morgan fingerprint density at radius 3 is 2.29 bits per heavy atom. The summed E-state index contributed by atoms with van der Waals surface area (Å²) in [6, 6.07) is 0. The van der Waals surface area contributed by atoms with Crippen molar-refractivity contribution in [2.75, 3.05) is 26.4 Å². The van der Waals surface area contributed by atoms with E-state index in [1.165, 1.54) is 32.1 Å². The van der Waals surface area contributed by atoms with Crippen molar-refractivity contribution in [2.45, 2.75) is 57.4 Å². The minimum absolute atomic E-state index is 0.152. The maximum absolute atomic E-state index is 9.69. The molecule has 0 amide bonds. The van der Waals surface area contributed by atoms with Crippen LogP contribution >= 0.6 is 0 Å². The Bertz CT molecular complexity index is 230. The lowest BCUT2D eigenvalue weighted by molar-refractivity contribution is 0.0263. The topological polar surface area (TPSA) is 41.5 Å². The highest BCUT2D eigenvalue weighted by atomic mass is 16.5. The first-order chi connectivity index (χ1) is 8.18. The molecule has 3 nitrogen and oxygen atoms in total. The molecule has 2 N–H and O–H groups in total. The summed E-state index contributed by atoms with van der Waals surface area (Å²) in [5, 5.41) is 13.4. The van der Waals surface area contributed by atoms with Crippen molar-refractivity contribution in [1.82, 2.24) is 5.32 Å². The second-order valence-electron chi connectivity index (χ2n) is 6.25. The molecule has 2 fully saturated rings. The van der Waals surface area contributed by atoms with E-state index in [1.807, 2.05) is 0 Å².